The lowest BCUT2D eigenvalue weighted by molar-refractivity contribution is 0.372. The summed E-state index contributed by atoms with van der Waals surface area (Å²) in [5, 5.41) is 0. The van der Waals surface area contributed by atoms with Crippen LogP contribution < -0.4 is 20.9 Å². The van der Waals surface area contributed by atoms with Crippen LogP contribution in [0.5, 0.6) is 11.5 Å². The van der Waals surface area contributed by atoms with E-state index in [0.717, 1.165) is 11.1 Å². The molecule has 3 rings (SSSR count). The Kier molecular flexibility index (Phi) is 6.44. The van der Waals surface area contributed by atoms with E-state index in [1.165, 1.54) is 0 Å². The molecule has 0 radical (unpaired) electrons. The lowest BCUT2D eigenvalue weighted by Crippen LogP contribution is -1.98. The number of para-hydroxylation sites is 4. The van der Waals surface area contributed by atoms with Gasteiger partial charge in [0.1, 0.15) is 24.7 Å². The molecule has 0 amide bonds. The molecule has 0 bridgehead atoms. The fraction of sp³-hybridized carbons (Fsp3) is 0.0833. The van der Waals surface area contributed by atoms with E-state index in [4.69, 9.17) is 20.9 Å². The normalized spacial score (nSPS) is 9.43. The summed E-state index contributed by atoms with van der Waals surface area (Å²) in [6, 6.07) is 22.4. The summed E-state index contributed by atoms with van der Waals surface area (Å²) in [5.41, 5.74) is 14.5. The van der Waals surface area contributed by atoms with Gasteiger partial charge < -0.3 is 20.9 Å². The molecule has 4 N–H and O–H groups in total. The van der Waals surface area contributed by atoms with E-state index in [2.05, 4.69) is 23.7 Å². The van der Waals surface area contributed by atoms with Gasteiger partial charge in [0.2, 0.25) is 0 Å². The van der Waals surface area contributed by atoms with Crippen molar-refractivity contribution >= 4 is 11.4 Å². The van der Waals surface area contributed by atoms with Crippen LogP contribution in [-0.2, 0) is 0 Å². The summed E-state index contributed by atoms with van der Waals surface area (Å²) in [6.45, 7) is 0.485. The van der Waals surface area contributed by atoms with Gasteiger partial charge in [0, 0.05) is 11.1 Å². The minimum Gasteiger partial charge on any atom is -0.479 e. The standard InChI is InChI=1S/C24H20N2O2/c25-21-13-3-5-15-23(21)27-17-7-11-19-9-1-2-10-20(19)12-8-18-28-24-16-6-4-14-22(24)26/h1-6,9-10,13-16H,17-18,25-26H2. The number of hydrogen-bond donors (Lipinski definition) is 2. The maximum absolute atomic E-state index is 5.85. The third-order valence-corrected chi connectivity index (χ3v) is 3.81. The van der Waals surface area contributed by atoms with Crippen molar-refractivity contribution in [3.8, 4) is 35.2 Å². The van der Waals surface area contributed by atoms with Crippen LogP contribution in [0.2, 0.25) is 0 Å². The van der Waals surface area contributed by atoms with Gasteiger partial charge in [-0.2, -0.15) is 0 Å². The van der Waals surface area contributed by atoms with Crippen molar-refractivity contribution in [2.75, 3.05) is 24.7 Å². The van der Waals surface area contributed by atoms with E-state index in [0.29, 0.717) is 22.9 Å². The molecule has 4 nitrogen and oxygen atoms in total. The fourth-order valence-electron chi connectivity index (χ4n) is 2.42. The van der Waals surface area contributed by atoms with Crippen LogP contribution in [0.15, 0.2) is 72.8 Å². The highest BCUT2D eigenvalue weighted by atomic mass is 16.5. The molecule has 0 saturated heterocycles. The molecule has 0 aliphatic heterocycles. The smallest absolute Gasteiger partial charge is 0.149 e. The van der Waals surface area contributed by atoms with Gasteiger partial charge >= 0.3 is 0 Å². The topological polar surface area (TPSA) is 70.5 Å². The largest absolute Gasteiger partial charge is 0.479 e. The van der Waals surface area contributed by atoms with Crippen molar-refractivity contribution in [2.24, 2.45) is 0 Å². The molecule has 0 unspecified atom stereocenters. The number of anilines is 2. The monoisotopic (exact) mass is 368 g/mol. The van der Waals surface area contributed by atoms with Crippen molar-refractivity contribution < 1.29 is 9.47 Å². The molecule has 0 aliphatic rings. The number of ether oxygens (including phenoxy) is 2. The van der Waals surface area contributed by atoms with E-state index >= 15 is 0 Å². The first kappa shape index (κ1) is 18.8. The first-order chi connectivity index (χ1) is 13.7. The predicted molar refractivity (Wildman–Crippen MR) is 113 cm³/mol. The molecular formula is C24H20N2O2. The van der Waals surface area contributed by atoms with Gasteiger partial charge in [-0.05, 0) is 36.4 Å². The van der Waals surface area contributed by atoms with E-state index < -0.39 is 0 Å². The first-order valence-corrected chi connectivity index (χ1v) is 8.75. The first-order valence-electron chi connectivity index (χ1n) is 8.75. The molecule has 0 aromatic heterocycles. The molecule has 0 aliphatic carbocycles. The molecule has 0 atom stereocenters. The maximum Gasteiger partial charge on any atom is 0.149 e. The molecular weight excluding hydrogens is 348 g/mol. The lowest BCUT2D eigenvalue weighted by atomic mass is 10.1. The Morgan fingerprint density at radius 1 is 0.571 bits per heavy atom. The van der Waals surface area contributed by atoms with Gasteiger partial charge in [-0.1, -0.05) is 60.1 Å². The third-order valence-electron chi connectivity index (χ3n) is 3.81. The molecule has 3 aromatic rings. The Hall–Kier alpha value is -4.02. The van der Waals surface area contributed by atoms with E-state index in [-0.39, 0.29) is 13.2 Å². The summed E-state index contributed by atoms with van der Waals surface area (Å²) < 4.78 is 11.2. The van der Waals surface area contributed by atoms with E-state index in [1.807, 2.05) is 60.7 Å². The van der Waals surface area contributed by atoms with Crippen LogP contribution in [0, 0.1) is 23.7 Å². The van der Waals surface area contributed by atoms with Crippen molar-refractivity contribution in [3.05, 3.63) is 83.9 Å². The second-order valence-electron chi connectivity index (χ2n) is 5.80. The summed E-state index contributed by atoms with van der Waals surface area (Å²) in [5.74, 6) is 13.4. The van der Waals surface area contributed by atoms with Gasteiger partial charge in [-0.3, -0.25) is 0 Å². The zero-order valence-electron chi connectivity index (χ0n) is 15.3. The lowest BCUT2D eigenvalue weighted by Gasteiger charge is -2.04. The predicted octanol–water partition coefficient (Wildman–Crippen LogP) is 3.71. The van der Waals surface area contributed by atoms with Crippen LogP contribution in [0.25, 0.3) is 0 Å². The van der Waals surface area contributed by atoms with Crippen LogP contribution in [0.4, 0.5) is 11.4 Å². The average Bonchev–Trinajstić information content (AvgIpc) is 2.72. The van der Waals surface area contributed by atoms with Crippen LogP contribution >= 0.6 is 0 Å². The van der Waals surface area contributed by atoms with E-state index in [9.17, 15) is 0 Å². The molecule has 138 valence electrons. The number of benzene rings is 3. The zero-order chi connectivity index (χ0) is 19.6. The average molecular weight is 368 g/mol. The number of nitrogen functional groups attached to an aromatic ring is 2. The Morgan fingerprint density at radius 2 is 0.964 bits per heavy atom. The Balaban J connectivity index is 1.61. The van der Waals surface area contributed by atoms with E-state index in [1.54, 1.807) is 12.1 Å². The summed E-state index contributed by atoms with van der Waals surface area (Å²) in [6.07, 6.45) is 0. The molecule has 4 heteroatoms. The van der Waals surface area contributed by atoms with Crippen molar-refractivity contribution in [1.82, 2.24) is 0 Å². The van der Waals surface area contributed by atoms with Crippen molar-refractivity contribution in [1.29, 1.82) is 0 Å². The third kappa shape index (κ3) is 5.24. The Labute approximate surface area is 165 Å². The van der Waals surface area contributed by atoms with Gasteiger partial charge in [0.05, 0.1) is 11.4 Å². The van der Waals surface area contributed by atoms with Crippen molar-refractivity contribution in [3.63, 3.8) is 0 Å². The minimum absolute atomic E-state index is 0.242. The molecule has 0 saturated carbocycles. The summed E-state index contributed by atoms with van der Waals surface area (Å²) in [7, 11) is 0. The zero-order valence-corrected chi connectivity index (χ0v) is 15.3. The molecule has 0 spiro atoms. The summed E-state index contributed by atoms with van der Waals surface area (Å²) >= 11 is 0. The molecule has 3 aromatic carbocycles. The minimum atomic E-state index is 0.242. The highest BCUT2D eigenvalue weighted by Crippen LogP contribution is 2.20. The second kappa shape index (κ2) is 9.62. The molecule has 0 heterocycles. The SMILES string of the molecule is Nc1ccccc1OCC#Cc1ccccc1C#CCOc1ccccc1N. The number of hydrogen-bond acceptors (Lipinski definition) is 4. The molecule has 28 heavy (non-hydrogen) atoms. The highest BCUT2D eigenvalue weighted by Gasteiger charge is 1.98. The maximum atomic E-state index is 5.85. The Bertz CT molecular complexity index is 982. The van der Waals surface area contributed by atoms with Gasteiger partial charge in [0.25, 0.3) is 0 Å². The summed E-state index contributed by atoms with van der Waals surface area (Å²) in [4.78, 5) is 0. The van der Waals surface area contributed by atoms with Crippen LogP contribution in [-0.4, -0.2) is 13.2 Å². The highest BCUT2D eigenvalue weighted by molar-refractivity contribution is 5.53. The van der Waals surface area contributed by atoms with Gasteiger partial charge in [0.15, 0.2) is 0 Å². The quantitative estimate of drug-likeness (QED) is 0.544. The number of nitrogens with two attached hydrogens (primary N) is 2. The Morgan fingerprint density at radius 3 is 1.39 bits per heavy atom. The second-order valence-corrected chi connectivity index (χ2v) is 5.80. The van der Waals surface area contributed by atoms with Crippen LogP contribution in [0.1, 0.15) is 11.1 Å². The van der Waals surface area contributed by atoms with Gasteiger partial charge in [-0.15, -0.1) is 0 Å². The fourth-order valence-corrected chi connectivity index (χ4v) is 2.42. The number of rotatable bonds is 4. The van der Waals surface area contributed by atoms with Crippen molar-refractivity contribution in [2.45, 2.75) is 0 Å². The molecule has 0 fully saturated rings. The van der Waals surface area contributed by atoms with Gasteiger partial charge in [-0.25, -0.2) is 0 Å². The van der Waals surface area contributed by atoms with Crippen LogP contribution in [0.3, 0.4) is 0 Å².